The molecule has 64 heavy (non-hydrogen) atoms. The number of nitrogens with two attached hydrogens (primary N) is 2. The molecular weight excluding hydrogens is 809 g/mol. The topological polar surface area (TPSA) is 216 Å². The van der Waals surface area contributed by atoms with E-state index in [-0.39, 0.29) is 11.6 Å². The summed E-state index contributed by atoms with van der Waals surface area (Å²) in [6.45, 7) is 21.3. The lowest BCUT2D eigenvalue weighted by Gasteiger charge is -2.15. The molecule has 342 valence electrons. The van der Waals surface area contributed by atoms with E-state index in [0.717, 1.165) is 51.4 Å². The maximum atomic E-state index is 13.0. The molecule has 0 spiro atoms. The van der Waals surface area contributed by atoms with Crippen LogP contribution >= 0.6 is 0 Å². The highest BCUT2D eigenvalue weighted by Crippen LogP contribution is 2.40. The summed E-state index contributed by atoms with van der Waals surface area (Å²) in [5.41, 5.74) is 16.1. The van der Waals surface area contributed by atoms with E-state index in [1.54, 1.807) is 54.6 Å². The molecule has 16 nitrogen and oxygen atoms in total. The number of benzene rings is 2. The Morgan fingerprint density at radius 1 is 0.625 bits per heavy atom. The number of nitrogens with zero attached hydrogens (tertiary/aromatic N) is 10. The smallest absolute Gasteiger partial charge is 0.338 e. The fraction of sp³-hybridized carbons (Fsp3) is 0.500. The molecule has 0 saturated heterocycles. The predicted octanol–water partition coefficient (Wildman–Crippen LogP) is 12.2. The second-order valence-corrected chi connectivity index (χ2v) is 18.3. The zero-order chi connectivity index (χ0) is 46.6. The number of esters is 2. The molecule has 2 atom stereocenters. The van der Waals surface area contributed by atoms with Crippen LogP contribution in [0.1, 0.15) is 153 Å². The van der Waals surface area contributed by atoms with Gasteiger partial charge < -0.3 is 20.9 Å². The third kappa shape index (κ3) is 12.4. The maximum absolute atomic E-state index is 13.0. The van der Waals surface area contributed by atoms with Crippen LogP contribution < -0.4 is 11.5 Å². The van der Waals surface area contributed by atoms with Crippen molar-refractivity contribution in [1.29, 1.82) is 0 Å². The summed E-state index contributed by atoms with van der Waals surface area (Å²) in [5, 5.41) is 27.8. The van der Waals surface area contributed by atoms with Crippen molar-refractivity contribution in [2.24, 2.45) is 32.3 Å². The molecule has 2 unspecified atom stereocenters. The number of anilines is 2. The lowest BCUT2D eigenvalue weighted by molar-refractivity contribution is 0.0419. The minimum atomic E-state index is -0.497. The van der Waals surface area contributed by atoms with Gasteiger partial charge in [-0.1, -0.05) is 120 Å². The van der Waals surface area contributed by atoms with Crippen LogP contribution in [-0.2, 0) is 20.3 Å². The average Bonchev–Trinajstić information content (AvgIpc) is 3.81. The summed E-state index contributed by atoms with van der Waals surface area (Å²) in [6, 6.07) is 15.3. The molecule has 0 radical (unpaired) electrons. The molecule has 4 N–H and O–H groups in total. The fourth-order valence-corrected chi connectivity index (χ4v) is 6.93. The van der Waals surface area contributed by atoms with E-state index in [1.165, 1.54) is 15.7 Å². The number of carbonyl (C=O) groups is 2. The SMILES string of the molecule is CCCCC(CC)COC(=O)c1cccc(/N=N/c2c(C(C)(C)C)nn(-c3cc(-n4nc(C(C)(C)C)c(/N=N/c5cccc(C(=O)OCC(CC)CCCC)c5)c4N)ncn3)c2N)c1. The van der Waals surface area contributed by atoms with E-state index in [2.05, 4.69) is 58.1 Å². The van der Waals surface area contributed by atoms with Crippen LogP contribution in [0.25, 0.3) is 11.6 Å². The van der Waals surface area contributed by atoms with Crippen LogP contribution in [0.3, 0.4) is 0 Å². The van der Waals surface area contributed by atoms with Gasteiger partial charge in [-0.25, -0.2) is 19.6 Å². The van der Waals surface area contributed by atoms with Gasteiger partial charge in [0.2, 0.25) is 0 Å². The Morgan fingerprint density at radius 2 is 1.03 bits per heavy atom. The lowest BCUT2D eigenvalue weighted by atomic mass is 9.91. The van der Waals surface area contributed by atoms with Gasteiger partial charge in [0.1, 0.15) is 6.33 Å². The summed E-state index contributed by atoms with van der Waals surface area (Å²) in [4.78, 5) is 35.0. The highest BCUT2D eigenvalue weighted by Gasteiger charge is 2.30. The maximum Gasteiger partial charge on any atom is 0.338 e. The summed E-state index contributed by atoms with van der Waals surface area (Å²) < 4.78 is 14.3. The number of ether oxygens (including phenoxy) is 2. The van der Waals surface area contributed by atoms with Crippen molar-refractivity contribution in [3.8, 4) is 11.6 Å². The van der Waals surface area contributed by atoms with Crippen molar-refractivity contribution in [3.05, 3.63) is 83.4 Å². The van der Waals surface area contributed by atoms with E-state index < -0.39 is 22.8 Å². The summed E-state index contributed by atoms with van der Waals surface area (Å²) in [5.74, 6) is 0.895. The largest absolute Gasteiger partial charge is 0.462 e. The van der Waals surface area contributed by atoms with Gasteiger partial charge >= 0.3 is 11.9 Å². The van der Waals surface area contributed by atoms with Gasteiger partial charge in [-0.15, -0.1) is 10.2 Å². The van der Waals surface area contributed by atoms with Crippen LogP contribution in [0.15, 0.2) is 81.4 Å². The number of azo groups is 2. The van der Waals surface area contributed by atoms with E-state index >= 15 is 0 Å². The first-order valence-corrected chi connectivity index (χ1v) is 22.5. The molecule has 0 aliphatic carbocycles. The summed E-state index contributed by atoms with van der Waals surface area (Å²) in [6.07, 6.45) is 9.73. The van der Waals surface area contributed by atoms with Crippen molar-refractivity contribution in [3.63, 3.8) is 0 Å². The first kappa shape index (κ1) is 48.7. The zero-order valence-electron chi connectivity index (χ0n) is 39.3. The van der Waals surface area contributed by atoms with Crippen LogP contribution in [-0.4, -0.2) is 54.7 Å². The summed E-state index contributed by atoms with van der Waals surface area (Å²) >= 11 is 0. The molecule has 2 aromatic carbocycles. The monoisotopic (exact) mass is 875 g/mol. The van der Waals surface area contributed by atoms with Crippen molar-refractivity contribution < 1.29 is 19.1 Å². The van der Waals surface area contributed by atoms with E-state index in [9.17, 15) is 9.59 Å². The van der Waals surface area contributed by atoms with Crippen LogP contribution in [0.2, 0.25) is 0 Å². The lowest BCUT2D eigenvalue weighted by Crippen LogP contribution is -2.14. The first-order valence-electron chi connectivity index (χ1n) is 22.5. The number of carbonyl (C=O) groups excluding carboxylic acids is 2. The Labute approximate surface area is 377 Å². The highest BCUT2D eigenvalue weighted by atomic mass is 16.5. The fourth-order valence-electron chi connectivity index (χ4n) is 6.93. The van der Waals surface area contributed by atoms with Gasteiger partial charge in [-0.2, -0.15) is 29.8 Å². The standard InChI is InChI=1S/C48H66N12O4/c1-11-15-19-31(13-3)28-63-45(61)33-21-17-23-35(25-33)53-55-39-41(47(5,6)7)57-59(43(39)49)37-27-38(52-30-51-37)60-44(50)40(42(58-60)48(8,9)10)56-54-36-24-18-22-34(26-36)46(62)64-29-32(14-4)20-16-12-2/h17-18,21-27,30-32H,11-16,19-20,28-29,49-50H2,1-10H3/b55-53+,56-54+. The van der Waals surface area contributed by atoms with Crippen LogP contribution in [0, 0.1) is 11.8 Å². The van der Waals surface area contributed by atoms with Crippen LogP contribution in [0.5, 0.6) is 0 Å². The van der Waals surface area contributed by atoms with Crippen molar-refractivity contribution in [2.75, 3.05) is 24.7 Å². The number of hydrogen-bond donors (Lipinski definition) is 2. The molecule has 16 heteroatoms. The molecule has 3 heterocycles. The molecule has 0 bridgehead atoms. The third-order valence-corrected chi connectivity index (χ3v) is 11.0. The number of nitrogen functional groups attached to an aromatic ring is 2. The molecule has 0 amide bonds. The first-order chi connectivity index (χ1) is 30.5. The van der Waals surface area contributed by atoms with Gasteiger partial charge in [0, 0.05) is 16.9 Å². The molecule has 5 rings (SSSR count). The second-order valence-electron chi connectivity index (χ2n) is 18.3. The predicted molar refractivity (Wildman–Crippen MR) is 251 cm³/mol. The Balaban J connectivity index is 1.42. The Morgan fingerprint density at radius 3 is 1.39 bits per heavy atom. The van der Waals surface area contributed by atoms with Gasteiger partial charge in [-0.3, -0.25) is 0 Å². The molecule has 0 aliphatic heterocycles. The Kier molecular flexibility index (Phi) is 16.6. The van der Waals surface area contributed by atoms with Gasteiger partial charge in [0.25, 0.3) is 0 Å². The minimum Gasteiger partial charge on any atom is -0.462 e. The number of rotatable bonds is 20. The van der Waals surface area contributed by atoms with Crippen LogP contribution in [0.4, 0.5) is 34.4 Å². The average molecular weight is 875 g/mol. The molecule has 3 aromatic heterocycles. The minimum absolute atomic E-state index is 0.192. The van der Waals surface area contributed by atoms with E-state index in [1.807, 2.05) is 41.5 Å². The highest BCUT2D eigenvalue weighted by molar-refractivity contribution is 5.91. The van der Waals surface area contributed by atoms with Crippen molar-refractivity contribution >= 4 is 46.3 Å². The van der Waals surface area contributed by atoms with Gasteiger partial charge in [0.05, 0.1) is 47.1 Å². The number of unbranched alkanes of at least 4 members (excludes halogenated alkanes) is 2. The van der Waals surface area contributed by atoms with E-state index in [4.69, 9.17) is 31.1 Å². The molecule has 0 fully saturated rings. The van der Waals surface area contributed by atoms with E-state index in [0.29, 0.717) is 81.9 Å². The Bertz CT molecular complexity index is 2260. The second kappa shape index (κ2) is 21.8. The third-order valence-electron chi connectivity index (χ3n) is 11.0. The molecule has 0 aliphatic rings. The molecular formula is C48H66N12O4. The number of hydrogen-bond acceptors (Lipinski definition) is 14. The number of aromatic nitrogens is 6. The Hall–Kier alpha value is -6.32. The van der Waals surface area contributed by atoms with Gasteiger partial charge in [-0.05, 0) is 61.1 Å². The zero-order valence-corrected chi connectivity index (χ0v) is 39.3. The normalized spacial score (nSPS) is 13.2. The van der Waals surface area contributed by atoms with Crippen molar-refractivity contribution in [1.82, 2.24) is 29.5 Å². The van der Waals surface area contributed by atoms with Crippen molar-refractivity contribution in [2.45, 2.75) is 131 Å². The molecule has 5 aromatic rings. The van der Waals surface area contributed by atoms with Gasteiger partial charge in [0.15, 0.2) is 34.6 Å². The quantitative estimate of drug-likeness (QED) is 0.0557. The summed E-state index contributed by atoms with van der Waals surface area (Å²) in [7, 11) is 0. The molecule has 0 saturated carbocycles.